The van der Waals surface area contributed by atoms with Crippen LogP contribution in [-0.2, 0) is 11.8 Å². The van der Waals surface area contributed by atoms with E-state index in [9.17, 15) is 10.2 Å². The number of rotatable bonds is 2. The summed E-state index contributed by atoms with van der Waals surface area (Å²) in [5.41, 5.74) is 3.30. The molecule has 21 heavy (non-hydrogen) atoms. The Morgan fingerprint density at radius 1 is 0.952 bits per heavy atom. The van der Waals surface area contributed by atoms with E-state index < -0.39 is 0 Å². The number of fused-ring (bicyclic) bond motifs is 3. The Labute approximate surface area is 131 Å². The van der Waals surface area contributed by atoms with E-state index in [0.717, 1.165) is 5.56 Å². The third-order valence-corrected chi connectivity index (χ3v) is 6.33. The van der Waals surface area contributed by atoms with Crippen molar-refractivity contribution in [2.24, 2.45) is 0 Å². The highest BCUT2D eigenvalue weighted by Crippen LogP contribution is 2.55. The van der Waals surface area contributed by atoms with Crippen molar-refractivity contribution < 1.29 is 10.2 Å². The van der Waals surface area contributed by atoms with Crippen LogP contribution in [0.25, 0.3) is 9.75 Å². The van der Waals surface area contributed by atoms with Gasteiger partial charge >= 0.3 is 0 Å². The van der Waals surface area contributed by atoms with Crippen LogP contribution in [0, 0.1) is 0 Å². The van der Waals surface area contributed by atoms with Gasteiger partial charge in [0.05, 0.1) is 0 Å². The SMILES string of the molecule is CC1(Cc2cc(O)ccc2O)c2ccsc2-c2sccc21. The molecule has 4 heteroatoms. The summed E-state index contributed by atoms with van der Waals surface area (Å²) in [5.74, 6) is 0.440. The number of hydrogen-bond donors (Lipinski definition) is 2. The first-order valence-electron chi connectivity index (χ1n) is 6.77. The van der Waals surface area contributed by atoms with E-state index in [0.29, 0.717) is 6.42 Å². The first-order valence-corrected chi connectivity index (χ1v) is 8.53. The topological polar surface area (TPSA) is 40.5 Å². The maximum atomic E-state index is 10.1. The summed E-state index contributed by atoms with van der Waals surface area (Å²) in [5, 5.41) is 24.1. The lowest BCUT2D eigenvalue weighted by Gasteiger charge is -2.26. The van der Waals surface area contributed by atoms with Crippen LogP contribution < -0.4 is 0 Å². The van der Waals surface area contributed by atoms with Gasteiger partial charge in [-0.25, -0.2) is 0 Å². The lowest BCUT2D eigenvalue weighted by molar-refractivity contribution is 0.446. The minimum absolute atomic E-state index is 0.143. The molecule has 0 spiro atoms. The molecule has 0 atom stereocenters. The first kappa shape index (κ1) is 12.9. The highest BCUT2D eigenvalue weighted by molar-refractivity contribution is 7.21. The fourth-order valence-electron chi connectivity index (χ4n) is 3.27. The Balaban J connectivity index is 1.87. The van der Waals surface area contributed by atoms with E-state index in [1.807, 2.05) is 0 Å². The molecule has 1 aromatic carbocycles. The van der Waals surface area contributed by atoms with Crippen LogP contribution in [0.5, 0.6) is 11.5 Å². The normalized spacial score (nSPS) is 14.9. The van der Waals surface area contributed by atoms with Gasteiger partial charge in [0, 0.05) is 15.2 Å². The van der Waals surface area contributed by atoms with E-state index in [4.69, 9.17) is 0 Å². The van der Waals surface area contributed by atoms with Crippen molar-refractivity contribution >= 4 is 22.7 Å². The van der Waals surface area contributed by atoms with E-state index in [2.05, 4.69) is 29.8 Å². The van der Waals surface area contributed by atoms with Crippen LogP contribution in [0.2, 0.25) is 0 Å². The van der Waals surface area contributed by atoms with Crippen molar-refractivity contribution in [3.05, 3.63) is 57.8 Å². The highest BCUT2D eigenvalue weighted by atomic mass is 32.1. The summed E-state index contributed by atoms with van der Waals surface area (Å²) in [6.07, 6.45) is 0.681. The molecular weight excluding hydrogens is 300 g/mol. The average molecular weight is 314 g/mol. The van der Waals surface area contributed by atoms with Crippen molar-refractivity contribution in [2.45, 2.75) is 18.8 Å². The molecule has 0 fully saturated rings. The predicted molar refractivity (Wildman–Crippen MR) is 87.6 cm³/mol. The van der Waals surface area contributed by atoms with Crippen LogP contribution in [0.4, 0.5) is 0 Å². The van der Waals surface area contributed by atoms with E-state index in [1.165, 1.54) is 26.9 Å². The molecule has 3 aromatic rings. The Morgan fingerprint density at radius 3 is 2.19 bits per heavy atom. The Bertz CT molecular complexity index is 789. The van der Waals surface area contributed by atoms with Crippen molar-refractivity contribution in [3.8, 4) is 21.3 Å². The molecule has 0 radical (unpaired) electrons. The van der Waals surface area contributed by atoms with Crippen LogP contribution in [0.1, 0.15) is 23.6 Å². The van der Waals surface area contributed by atoms with Gasteiger partial charge in [0.2, 0.25) is 0 Å². The summed E-state index contributed by atoms with van der Waals surface area (Å²) < 4.78 is 0. The van der Waals surface area contributed by atoms with Crippen molar-refractivity contribution in [3.63, 3.8) is 0 Å². The zero-order chi connectivity index (χ0) is 14.6. The molecule has 2 N–H and O–H groups in total. The Hall–Kier alpha value is -1.78. The first-order chi connectivity index (χ1) is 10.1. The molecule has 2 heterocycles. The zero-order valence-corrected chi connectivity index (χ0v) is 13.1. The van der Waals surface area contributed by atoms with Gasteiger partial charge in [-0.3, -0.25) is 0 Å². The standard InChI is InChI=1S/C17H14O2S2/c1-17(9-10-8-11(18)2-3-14(10)19)12-4-6-20-15(12)16-13(17)5-7-21-16/h2-8,18-19H,9H2,1H3. The number of aromatic hydroxyl groups is 2. The number of phenolic OH excluding ortho intramolecular Hbond substituents is 2. The molecule has 1 aliphatic carbocycles. The molecule has 4 rings (SSSR count). The second-order valence-electron chi connectivity index (χ2n) is 5.65. The summed E-state index contributed by atoms with van der Waals surface area (Å²) in [4.78, 5) is 2.70. The summed E-state index contributed by atoms with van der Waals surface area (Å²) >= 11 is 3.56. The smallest absolute Gasteiger partial charge is 0.119 e. The van der Waals surface area contributed by atoms with Crippen molar-refractivity contribution in [1.82, 2.24) is 0 Å². The predicted octanol–water partition coefficient (Wildman–Crippen LogP) is 4.75. The van der Waals surface area contributed by atoms with E-state index in [-0.39, 0.29) is 16.9 Å². The van der Waals surface area contributed by atoms with Crippen molar-refractivity contribution in [2.75, 3.05) is 0 Å². The largest absolute Gasteiger partial charge is 0.508 e. The monoisotopic (exact) mass is 314 g/mol. The maximum absolute atomic E-state index is 10.1. The van der Waals surface area contributed by atoms with Gasteiger partial charge in [-0.15, -0.1) is 22.7 Å². The molecule has 0 saturated heterocycles. The molecule has 1 aliphatic rings. The zero-order valence-electron chi connectivity index (χ0n) is 11.5. The average Bonchev–Trinajstić information content (AvgIpc) is 3.12. The molecule has 0 unspecified atom stereocenters. The lowest BCUT2D eigenvalue weighted by Crippen LogP contribution is -2.23. The lowest BCUT2D eigenvalue weighted by atomic mass is 9.76. The minimum atomic E-state index is -0.143. The van der Waals surface area contributed by atoms with Gasteiger partial charge < -0.3 is 10.2 Å². The van der Waals surface area contributed by atoms with Crippen LogP contribution >= 0.6 is 22.7 Å². The summed E-state index contributed by atoms with van der Waals surface area (Å²) in [7, 11) is 0. The molecule has 0 aliphatic heterocycles. The number of thiophene rings is 2. The second-order valence-corrected chi connectivity index (χ2v) is 7.48. The minimum Gasteiger partial charge on any atom is -0.508 e. The third-order valence-electron chi connectivity index (χ3n) is 4.33. The molecular formula is C17H14O2S2. The fraction of sp³-hybridized carbons (Fsp3) is 0.176. The van der Waals surface area contributed by atoms with Gasteiger partial charge in [-0.1, -0.05) is 6.92 Å². The van der Waals surface area contributed by atoms with Gasteiger partial charge in [-0.05, 0) is 64.2 Å². The quantitative estimate of drug-likeness (QED) is 0.670. The third kappa shape index (κ3) is 1.76. The number of phenols is 2. The number of benzene rings is 1. The van der Waals surface area contributed by atoms with Gasteiger partial charge in [0.25, 0.3) is 0 Å². The van der Waals surface area contributed by atoms with E-state index in [1.54, 1.807) is 34.8 Å². The maximum Gasteiger partial charge on any atom is 0.119 e. The van der Waals surface area contributed by atoms with Gasteiger partial charge in [0.15, 0.2) is 0 Å². The number of hydrogen-bond acceptors (Lipinski definition) is 4. The molecule has 0 bridgehead atoms. The molecule has 106 valence electrons. The van der Waals surface area contributed by atoms with Gasteiger partial charge in [-0.2, -0.15) is 0 Å². The Kier molecular flexibility index (Phi) is 2.68. The molecule has 2 aromatic heterocycles. The molecule has 0 saturated carbocycles. The molecule has 2 nitrogen and oxygen atoms in total. The van der Waals surface area contributed by atoms with Crippen LogP contribution in [0.3, 0.4) is 0 Å². The fourth-order valence-corrected chi connectivity index (χ4v) is 5.51. The van der Waals surface area contributed by atoms with Crippen LogP contribution in [0.15, 0.2) is 41.1 Å². The highest BCUT2D eigenvalue weighted by Gasteiger charge is 2.41. The van der Waals surface area contributed by atoms with Crippen LogP contribution in [-0.4, -0.2) is 10.2 Å². The second kappa shape index (κ2) is 4.36. The van der Waals surface area contributed by atoms with Gasteiger partial charge in [0.1, 0.15) is 11.5 Å². The van der Waals surface area contributed by atoms with Crippen molar-refractivity contribution in [1.29, 1.82) is 0 Å². The summed E-state index contributed by atoms with van der Waals surface area (Å²) in [6, 6.07) is 9.12. The molecule has 0 amide bonds. The summed E-state index contributed by atoms with van der Waals surface area (Å²) in [6.45, 7) is 2.22. The van der Waals surface area contributed by atoms with E-state index >= 15 is 0 Å². The Morgan fingerprint density at radius 2 is 1.57 bits per heavy atom.